The highest BCUT2D eigenvalue weighted by Gasteiger charge is 2.48. The van der Waals surface area contributed by atoms with Crippen LogP contribution < -0.4 is 0 Å². The first-order valence-electron chi connectivity index (χ1n) is 22.0. The number of ether oxygens (including phenoxy) is 4. The van der Waals surface area contributed by atoms with Crippen molar-refractivity contribution in [2.24, 2.45) is 0 Å². The largest absolute Gasteiger partial charge is 0.457 e. The van der Waals surface area contributed by atoms with Crippen LogP contribution in [0.15, 0.2) is 60.8 Å². The van der Waals surface area contributed by atoms with E-state index in [4.69, 9.17) is 23.5 Å². The second kappa shape index (κ2) is 36.6. The molecule has 6 unspecified atom stereocenters. The highest BCUT2D eigenvalue weighted by atomic mass is 32.3. The third kappa shape index (κ3) is 29.9. The topological polar surface area (TPSA) is 178 Å². The maximum absolute atomic E-state index is 12.6. The van der Waals surface area contributed by atoms with Gasteiger partial charge in [-0.2, -0.15) is 8.42 Å². The van der Waals surface area contributed by atoms with E-state index in [-0.39, 0.29) is 19.6 Å². The van der Waals surface area contributed by atoms with E-state index in [2.05, 4.69) is 78.8 Å². The van der Waals surface area contributed by atoms with Gasteiger partial charge in [0, 0.05) is 13.0 Å². The molecule has 0 aromatic carbocycles. The van der Waals surface area contributed by atoms with Gasteiger partial charge in [-0.15, -0.1) is 0 Å². The van der Waals surface area contributed by atoms with Crippen LogP contribution in [0.4, 0.5) is 0 Å². The smallest absolute Gasteiger partial charge is 0.397 e. The van der Waals surface area contributed by atoms with Gasteiger partial charge < -0.3 is 34.3 Å². The predicted molar refractivity (Wildman–Crippen MR) is 229 cm³/mol. The summed E-state index contributed by atoms with van der Waals surface area (Å²) in [5, 5.41) is 30.5. The molecule has 58 heavy (non-hydrogen) atoms. The Labute approximate surface area is 350 Å². The molecule has 12 nitrogen and oxygen atoms in total. The van der Waals surface area contributed by atoms with Gasteiger partial charge in [-0.1, -0.05) is 152 Å². The van der Waals surface area contributed by atoms with Crippen molar-refractivity contribution in [1.82, 2.24) is 0 Å². The van der Waals surface area contributed by atoms with E-state index in [0.29, 0.717) is 13.0 Å². The van der Waals surface area contributed by atoms with E-state index >= 15 is 0 Å². The monoisotopic (exact) mass is 843 g/mol. The van der Waals surface area contributed by atoms with Gasteiger partial charge in [0.1, 0.15) is 30.5 Å². The Morgan fingerprint density at radius 1 is 0.672 bits per heavy atom. The zero-order chi connectivity index (χ0) is 42.5. The number of unbranched alkanes of at least 4 members (excludes halogenated alkanes) is 14. The van der Waals surface area contributed by atoms with Crippen LogP contribution in [0.1, 0.15) is 155 Å². The molecular weight excluding hydrogens is 765 g/mol. The Morgan fingerprint density at radius 3 is 1.74 bits per heavy atom. The number of aliphatic hydroxyl groups excluding tert-OH is 3. The molecule has 1 aliphatic heterocycles. The van der Waals surface area contributed by atoms with Gasteiger partial charge in [-0.05, 0) is 57.8 Å². The number of allylic oxidation sites excluding steroid dienone is 10. The SMILES string of the molecule is CC/C=C\C/C=C\C/C=C\C/C=C\C/C=C\CCCCCCCCCCCCOCC(COC1OC(CO)C(O)C(OS(=O)(=O)O)C1O)OC(=O)CCCCCCC. The van der Waals surface area contributed by atoms with E-state index < -0.39 is 59.8 Å². The lowest BCUT2D eigenvalue weighted by Crippen LogP contribution is -2.60. The van der Waals surface area contributed by atoms with Crippen LogP contribution in [-0.2, 0) is 38.3 Å². The first-order valence-corrected chi connectivity index (χ1v) is 23.4. The zero-order valence-electron chi connectivity index (χ0n) is 35.6. The normalized spacial score (nSPS) is 21.1. The third-order valence-electron chi connectivity index (χ3n) is 9.65. The minimum atomic E-state index is -5.06. The number of carbonyl (C=O) groups is 1. The molecule has 0 aromatic rings. The van der Waals surface area contributed by atoms with Gasteiger partial charge in [-0.3, -0.25) is 9.35 Å². The van der Waals surface area contributed by atoms with E-state index in [1.165, 1.54) is 44.9 Å². The molecule has 6 atom stereocenters. The van der Waals surface area contributed by atoms with Crippen LogP contribution in [0.3, 0.4) is 0 Å². The second-order valence-corrected chi connectivity index (χ2v) is 16.0. The minimum absolute atomic E-state index is 0.0302. The fraction of sp³-hybridized carbons (Fsp3) is 0.756. The maximum Gasteiger partial charge on any atom is 0.397 e. The van der Waals surface area contributed by atoms with Crippen LogP contribution in [0, 0.1) is 0 Å². The Kier molecular flexibility index (Phi) is 34.0. The molecular formula is C45H78O12S. The van der Waals surface area contributed by atoms with Crippen LogP contribution in [0.25, 0.3) is 0 Å². The van der Waals surface area contributed by atoms with Crippen molar-refractivity contribution in [1.29, 1.82) is 0 Å². The number of rotatable bonds is 37. The number of hydrogen-bond donors (Lipinski definition) is 4. The second-order valence-electron chi connectivity index (χ2n) is 14.9. The van der Waals surface area contributed by atoms with E-state index in [9.17, 15) is 28.5 Å². The molecule has 336 valence electrons. The summed E-state index contributed by atoms with van der Waals surface area (Å²) in [5.41, 5.74) is 0. The molecule has 0 bridgehead atoms. The molecule has 0 radical (unpaired) electrons. The summed E-state index contributed by atoms with van der Waals surface area (Å²) >= 11 is 0. The van der Waals surface area contributed by atoms with Crippen molar-refractivity contribution in [3.63, 3.8) is 0 Å². The Bertz CT molecular complexity index is 1250. The molecule has 1 fully saturated rings. The van der Waals surface area contributed by atoms with Crippen molar-refractivity contribution in [2.75, 3.05) is 26.4 Å². The van der Waals surface area contributed by atoms with Gasteiger partial charge in [-0.25, -0.2) is 4.18 Å². The summed E-state index contributed by atoms with van der Waals surface area (Å²) in [6.07, 6.45) is 36.1. The lowest BCUT2D eigenvalue weighted by molar-refractivity contribution is -0.301. The number of hydrogen-bond acceptors (Lipinski definition) is 11. The standard InChI is InChI=1S/C45H78O12S/c1-3-5-7-9-10-11-12-13-14-15-16-17-18-19-20-21-22-23-24-25-26-27-28-29-31-33-35-53-37-39(55-41(47)34-32-30-8-6-4-2)38-54-45-43(49)44(57-58(50,51)52)42(48)40(36-46)56-45/h5,7,10-11,13-14,16-17,19-20,39-40,42-46,48-49H,3-4,6,8-9,12,15,18,21-38H2,1-2H3,(H,50,51,52)/b7-5-,11-10-,14-13-,17-16-,20-19-. The van der Waals surface area contributed by atoms with Crippen molar-refractivity contribution in [3.05, 3.63) is 60.8 Å². The minimum Gasteiger partial charge on any atom is -0.457 e. The molecule has 0 aromatic heterocycles. The van der Waals surface area contributed by atoms with E-state index in [0.717, 1.165) is 83.5 Å². The predicted octanol–water partition coefficient (Wildman–Crippen LogP) is 8.96. The van der Waals surface area contributed by atoms with Gasteiger partial charge in [0.2, 0.25) is 0 Å². The summed E-state index contributed by atoms with van der Waals surface area (Å²) in [7, 11) is -5.06. The maximum atomic E-state index is 12.6. The lowest BCUT2D eigenvalue weighted by atomic mass is 9.99. The zero-order valence-corrected chi connectivity index (χ0v) is 36.4. The van der Waals surface area contributed by atoms with Crippen LogP contribution in [0.5, 0.6) is 0 Å². The molecule has 4 N–H and O–H groups in total. The summed E-state index contributed by atoms with van der Waals surface area (Å²) in [6, 6.07) is 0. The molecule has 1 heterocycles. The summed E-state index contributed by atoms with van der Waals surface area (Å²) in [4.78, 5) is 12.6. The molecule has 13 heteroatoms. The lowest BCUT2D eigenvalue weighted by Gasteiger charge is -2.41. The number of aliphatic hydroxyl groups is 3. The molecule has 1 aliphatic rings. The van der Waals surface area contributed by atoms with E-state index in [1.54, 1.807) is 0 Å². The molecule has 0 spiro atoms. The molecule has 0 aliphatic carbocycles. The number of esters is 1. The average molecular weight is 843 g/mol. The van der Waals surface area contributed by atoms with Crippen molar-refractivity contribution in [2.45, 2.75) is 192 Å². The Morgan fingerprint density at radius 2 is 1.19 bits per heavy atom. The van der Waals surface area contributed by atoms with Crippen LogP contribution >= 0.6 is 0 Å². The van der Waals surface area contributed by atoms with Gasteiger partial charge in [0.15, 0.2) is 6.29 Å². The Hall–Kier alpha value is -2.20. The first kappa shape index (κ1) is 53.8. The average Bonchev–Trinajstić information content (AvgIpc) is 3.19. The quantitative estimate of drug-likeness (QED) is 0.0202. The van der Waals surface area contributed by atoms with Crippen LogP contribution in [-0.4, -0.2) is 97.5 Å². The Balaban J connectivity index is 2.24. The number of carbonyl (C=O) groups excluding carboxylic acids is 1. The van der Waals surface area contributed by atoms with Crippen molar-refractivity contribution < 1.29 is 56.2 Å². The van der Waals surface area contributed by atoms with E-state index in [1.807, 2.05) is 0 Å². The fourth-order valence-electron chi connectivity index (χ4n) is 6.34. The van der Waals surface area contributed by atoms with Crippen LogP contribution in [0.2, 0.25) is 0 Å². The fourth-order valence-corrected chi connectivity index (χ4v) is 6.85. The van der Waals surface area contributed by atoms with Crippen molar-refractivity contribution in [3.8, 4) is 0 Å². The molecule has 1 saturated heterocycles. The third-order valence-corrected chi connectivity index (χ3v) is 10.1. The summed E-state index contributed by atoms with van der Waals surface area (Å²) in [5.74, 6) is -0.416. The highest BCUT2D eigenvalue weighted by molar-refractivity contribution is 7.80. The van der Waals surface area contributed by atoms with Gasteiger partial charge in [0.25, 0.3) is 0 Å². The summed E-state index contributed by atoms with van der Waals surface area (Å²) in [6.45, 7) is 3.74. The van der Waals surface area contributed by atoms with Gasteiger partial charge >= 0.3 is 16.4 Å². The molecule has 1 rings (SSSR count). The molecule has 0 amide bonds. The summed E-state index contributed by atoms with van der Waals surface area (Å²) < 4.78 is 58.6. The van der Waals surface area contributed by atoms with Crippen molar-refractivity contribution >= 4 is 16.4 Å². The molecule has 0 saturated carbocycles. The van der Waals surface area contributed by atoms with Gasteiger partial charge in [0.05, 0.1) is 19.8 Å². The first-order chi connectivity index (χ1) is 28.1. The highest BCUT2D eigenvalue weighted by Crippen LogP contribution is 2.26.